The highest BCUT2D eigenvalue weighted by Crippen LogP contribution is 2.33. The molecule has 0 bridgehead atoms. The number of anilines is 1. The molecule has 11 heteroatoms. The summed E-state index contributed by atoms with van der Waals surface area (Å²) in [5.41, 5.74) is 0.0761. The summed E-state index contributed by atoms with van der Waals surface area (Å²) in [5, 5.41) is 3.23. The van der Waals surface area contributed by atoms with Crippen LogP contribution in [0.2, 0.25) is 0 Å². The van der Waals surface area contributed by atoms with Gasteiger partial charge in [0.25, 0.3) is 5.91 Å². The third-order valence-corrected chi connectivity index (χ3v) is 6.50. The molecule has 4 aromatic rings. The molecule has 0 aliphatic carbocycles. The Kier molecular flexibility index (Phi) is 7.32. The van der Waals surface area contributed by atoms with Gasteiger partial charge in [0, 0.05) is 61.6 Å². The number of amides is 1. The summed E-state index contributed by atoms with van der Waals surface area (Å²) in [4.78, 5) is 27.6. The van der Waals surface area contributed by atoms with Gasteiger partial charge < -0.3 is 15.2 Å². The summed E-state index contributed by atoms with van der Waals surface area (Å²) in [6.45, 7) is 3.06. The molecule has 4 heterocycles. The van der Waals surface area contributed by atoms with Gasteiger partial charge in [-0.05, 0) is 49.0 Å². The summed E-state index contributed by atoms with van der Waals surface area (Å²) < 4.78 is 55.9. The van der Waals surface area contributed by atoms with Crippen LogP contribution in [0.5, 0.6) is 0 Å². The number of likely N-dealkylation sites (N-methyl/N-ethyl adjacent to an activating group) is 1. The van der Waals surface area contributed by atoms with E-state index < -0.39 is 23.6 Å². The number of H-pyrrole nitrogens is 1. The summed E-state index contributed by atoms with van der Waals surface area (Å²) >= 11 is 0. The molecular formula is C28H24F4N6O. The Balaban J connectivity index is 1.32. The van der Waals surface area contributed by atoms with E-state index in [1.54, 1.807) is 24.4 Å². The number of fused-ring (bicyclic) bond motifs is 1. The SMILES string of the molecule is CN1CCN(Cc2ccc(C(=O)Nc3cc(C#Cc4cc5cc[nH]c5nc4F)ccn3)cc2C(F)(F)F)CC1. The molecule has 0 saturated carbocycles. The van der Waals surface area contributed by atoms with E-state index in [0.29, 0.717) is 29.7 Å². The fourth-order valence-electron chi connectivity index (χ4n) is 4.32. The van der Waals surface area contributed by atoms with Crippen molar-refractivity contribution in [2.45, 2.75) is 12.7 Å². The lowest BCUT2D eigenvalue weighted by molar-refractivity contribution is -0.138. The van der Waals surface area contributed by atoms with Gasteiger partial charge in [-0.15, -0.1) is 0 Å². The smallest absolute Gasteiger partial charge is 0.346 e. The number of hydrogen-bond donors (Lipinski definition) is 2. The Morgan fingerprint density at radius 2 is 1.87 bits per heavy atom. The Morgan fingerprint density at radius 1 is 1.08 bits per heavy atom. The fraction of sp³-hybridized carbons (Fsp3) is 0.250. The lowest BCUT2D eigenvalue weighted by atomic mass is 10.0. The van der Waals surface area contributed by atoms with E-state index in [1.165, 1.54) is 24.4 Å². The van der Waals surface area contributed by atoms with Crippen LogP contribution in [0.15, 0.2) is 54.9 Å². The highest BCUT2D eigenvalue weighted by atomic mass is 19.4. The van der Waals surface area contributed by atoms with Crippen LogP contribution in [0.4, 0.5) is 23.4 Å². The maximum atomic E-state index is 14.2. The fourth-order valence-corrected chi connectivity index (χ4v) is 4.32. The Labute approximate surface area is 221 Å². The van der Waals surface area contributed by atoms with Gasteiger partial charge in [0.15, 0.2) is 0 Å². The molecule has 0 radical (unpaired) electrons. The number of carbonyl (C=O) groups excluding carboxylic acids is 1. The van der Waals surface area contributed by atoms with Crippen LogP contribution >= 0.6 is 0 Å². The first-order chi connectivity index (χ1) is 18.7. The van der Waals surface area contributed by atoms with Crippen molar-refractivity contribution in [2.24, 2.45) is 0 Å². The molecule has 39 heavy (non-hydrogen) atoms. The van der Waals surface area contributed by atoms with Crippen LogP contribution in [0, 0.1) is 17.8 Å². The number of aromatic nitrogens is 3. The predicted octanol–water partition coefficient (Wildman–Crippen LogP) is 4.52. The molecule has 1 aliphatic rings. The molecular weight excluding hydrogens is 512 g/mol. The van der Waals surface area contributed by atoms with Gasteiger partial charge in [0.05, 0.1) is 11.1 Å². The highest BCUT2D eigenvalue weighted by Gasteiger charge is 2.34. The van der Waals surface area contributed by atoms with Crippen LogP contribution in [-0.4, -0.2) is 63.9 Å². The van der Waals surface area contributed by atoms with Crippen LogP contribution in [-0.2, 0) is 12.7 Å². The molecule has 1 fully saturated rings. The van der Waals surface area contributed by atoms with Crippen molar-refractivity contribution in [3.63, 3.8) is 0 Å². The first-order valence-electron chi connectivity index (χ1n) is 12.2. The number of nitrogens with one attached hydrogen (secondary N) is 2. The van der Waals surface area contributed by atoms with Gasteiger partial charge in [0.2, 0.25) is 5.95 Å². The quantitative estimate of drug-likeness (QED) is 0.228. The Hall–Kier alpha value is -4.27. The first kappa shape index (κ1) is 26.3. The number of pyridine rings is 2. The minimum Gasteiger partial charge on any atom is -0.346 e. The zero-order valence-corrected chi connectivity index (χ0v) is 20.9. The monoisotopic (exact) mass is 536 g/mol. The minimum atomic E-state index is -4.61. The molecule has 0 atom stereocenters. The maximum absolute atomic E-state index is 14.2. The zero-order chi connectivity index (χ0) is 27.6. The van der Waals surface area contributed by atoms with E-state index in [4.69, 9.17) is 0 Å². The number of nitrogens with zero attached hydrogens (tertiary/aromatic N) is 4. The van der Waals surface area contributed by atoms with E-state index in [0.717, 1.165) is 19.2 Å². The van der Waals surface area contributed by atoms with Crippen molar-refractivity contribution in [1.82, 2.24) is 24.8 Å². The van der Waals surface area contributed by atoms with Crippen LogP contribution in [0.1, 0.15) is 32.6 Å². The molecule has 7 nitrogen and oxygen atoms in total. The lowest BCUT2D eigenvalue weighted by Crippen LogP contribution is -2.44. The number of piperazine rings is 1. The van der Waals surface area contributed by atoms with Crippen LogP contribution in [0.3, 0.4) is 0 Å². The highest BCUT2D eigenvalue weighted by molar-refractivity contribution is 6.04. The van der Waals surface area contributed by atoms with E-state index in [1.807, 2.05) is 11.9 Å². The number of carbonyl (C=O) groups is 1. The van der Waals surface area contributed by atoms with Crippen molar-refractivity contribution in [2.75, 3.05) is 38.5 Å². The molecule has 200 valence electrons. The maximum Gasteiger partial charge on any atom is 0.416 e. The number of aromatic amines is 1. The average Bonchev–Trinajstić information content (AvgIpc) is 3.35. The number of halogens is 4. The second-order valence-electron chi connectivity index (χ2n) is 9.33. The Bertz CT molecular complexity index is 1580. The van der Waals surface area contributed by atoms with Gasteiger partial charge in [0.1, 0.15) is 11.5 Å². The topological polar surface area (TPSA) is 77.1 Å². The normalized spacial score (nSPS) is 14.7. The number of benzene rings is 1. The standard InChI is InChI=1S/C28H24F4N6O/c1-37-10-12-38(13-11-37)17-22-5-4-21(16-23(22)28(30,31)32)27(39)35-24-14-18(6-8-33-24)2-3-19-15-20-7-9-34-26(20)36-25(19)29/h4-9,14-16H,10-13,17H2,1H3,(H,34,36)(H,33,35,39). The molecule has 3 aromatic heterocycles. The molecule has 1 amide bonds. The van der Waals surface area contributed by atoms with E-state index in [2.05, 4.69) is 37.0 Å². The van der Waals surface area contributed by atoms with E-state index in [-0.39, 0.29) is 29.1 Å². The number of rotatable bonds is 4. The van der Waals surface area contributed by atoms with E-state index in [9.17, 15) is 22.4 Å². The summed E-state index contributed by atoms with van der Waals surface area (Å²) in [7, 11) is 1.98. The molecule has 2 N–H and O–H groups in total. The largest absolute Gasteiger partial charge is 0.416 e. The molecule has 0 unspecified atom stereocenters. The second kappa shape index (κ2) is 10.8. The molecule has 1 aromatic carbocycles. The number of hydrogen-bond acceptors (Lipinski definition) is 5. The van der Waals surface area contributed by atoms with Crippen LogP contribution < -0.4 is 5.32 Å². The third kappa shape index (κ3) is 6.25. The third-order valence-electron chi connectivity index (χ3n) is 6.50. The van der Waals surface area contributed by atoms with Gasteiger partial charge in [-0.2, -0.15) is 17.6 Å². The van der Waals surface area contributed by atoms with Gasteiger partial charge in [-0.1, -0.05) is 17.9 Å². The lowest BCUT2D eigenvalue weighted by Gasteiger charge is -2.33. The predicted molar refractivity (Wildman–Crippen MR) is 138 cm³/mol. The zero-order valence-electron chi connectivity index (χ0n) is 20.9. The van der Waals surface area contributed by atoms with Crippen molar-refractivity contribution in [3.8, 4) is 11.8 Å². The van der Waals surface area contributed by atoms with Gasteiger partial charge in [-0.3, -0.25) is 9.69 Å². The van der Waals surface area contributed by atoms with Gasteiger partial charge in [-0.25, -0.2) is 9.97 Å². The summed E-state index contributed by atoms with van der Waals surface area (Å²) in [5.74, 6) is 4.15. The first-order valence-corrected chi connectivity index (χ1v) is 12.2. The summed E-state index contributed by atoms with van der Waals surface area (Å²) in [6.07, 6.45) is -1.58. The van der Waals surface area contributed by atoms with Crippen molar-refractivity contribution >= 4 is 22.8 Å². The molecule has 0 spiro atoms. The Morgan fingerprint density at radius 3 is 2.64 bits per heavy atom. The molecule has 1 saturated heterocycles. The molecule has 1 aliphatic heterocycles. The average molecular weight is 537 g/mol. The van der Waals surface area contributed by atoms with Crippen molar-refractivity contribution in [1.29, 1.82) is 0 Å². The second-order valence-corrected chi connectivity index (χ2v) is 9.33. The van der Waals surface area contributed by atoms with Crippen LogP contribution in [0.25, 0.3) is 11.0 Å². The molecule has 5 rings (SSSR count). The van der Waals surface area contributed by atoms with Crippen molar-refractivity contribution in [3.05, 3.63) is 88.6 Å². The van der Waals surface area contributed by atoms with E-state index >= 15 is 0 Å². The van der Waals surface area contributed by atoms with Gasteiger partial charge >= 0.3 is 6.18 Å². The van der Waals surface area contributed by atoms with Crippen molar-refractivity contribution < 1.29 is 22.4 Å². The minimum absolute atomic E-state index is 0.0980. The number of alkyl halides is 3. The summed E-state index contributed by atoms with van der Waals surface area (Å²) in [6, 6.07) is 9.95.